The van der Waals surface area contributed by atoms with E-state index < -0.39 is 0 Å². The summed E-state index contributed by atoms with van der Waals surface area (Å²) in [4.78, 5) is 28.4. The van der Waals surface area contributed by atoms with Crippen LogP contribution in [0.25, 0.3) is 0 Å². The Balaban J connectivity index is 1.61. The third kappa shape index (κ3) is 3.66. The fourth-order valence-corrected chi connectivity index (χ4v) is 3.25. The Bertz CT molecular complexity index is 598. The molecule has 1 saturated heterocycles. The molecule has 1 saturated carbocycles. The van der Waals surface area contributed by atoms with Crippen molar-refractivity contribution >= 4 is 11.8 Å². The number of hydrogen-bond acceptors (Lipinski definition) is 3. The Kier molecular flexibility index (Phi) is 4.55. The third-order valence-electron chi connectivity index (χ3n) is 4.71. The monoisotopic (exact) mass is 316 g/mol. The quantitative estimate of drug-likeness (QED) is 0.835. The minimum absolute atomic E-state index is 0.0658. The van der Waals surface area contributed by atoms with Crippen molar-refractivity contribution in [3.63, 3.8) is 0 Å². The lowest BCUT2D eigenvalue weighted by molar-refractivity contribution is -0.143. The topological polar surface area (TPSA) is 49.9 Å². The van der Waals surface area contributed by atoms with Gasteiger partial charge in [-0.15, -0.1) is 0 Å². The van der Waals surface area contributed by atoms with Crippen LogP contribution in [0.5, 0.6) is 5.75 Å². The predicted octanol–water partition coefficient (Wildman–Crippen LogP) is 2.05. The second-order valence-electron chi connectivity index (χ2n) is 6.56. The molecule has 0 radical (unpaired) electrons. The van der Waals surface area contributed by atoms with E-state index in [9.17, 15) is 9.59 Å². The number of piperidine rings is 1. The summed E-state index contributed by atoms with van der Waals surface area (Å²) in [6.07, 6.45) is 3.35. The van der Waals surface area contributed by atoms with Crippen molar-refractivity contribution in [2.45, 2.75) is 38.3 Å². The summed E-state index contributed by atoms with van der Waals surface area (Å²) < 4.78 is 5.22. The summed E-state index contributed by atoms with van der Waals surface area (Å²) in [6.45, 7) is 1.15. The van der Waals surface area contributed by atoms with Crippen LogP contribution in [0.4, 0.5) is 0 Å². The molecule has 2 amide bonds. The molecule has 3 rings (SSSR count). The Labute approximate surface area is 137 Å². The van der Waals surface area contributed by atoms with Gasteiger partial charge < -0.3 is 14.5 Å². The molecule has 124 valence electrons. The lowest BCUT2D eigenvalue weighted by atomic mass is 9.95. The van der Waals surface area contributed by atoms with E-state index in [-0.39, 0.29) is 17.7 Å². The van der Waals surface area contributed by atoms with Crippen LogP contribution >= 0.6 is 0 Å². The van der Waals surface area contributed by atoms with Crippen LogP contribution in [-0.2, 0) is 16.1 Å². The SMILES string of the molecule is COc1cccc(CN(C)C(=O)C2CCC(=O)N(C3CC3)C2)c1. The molecule has 2 fully saturated rings. The number of amides is 2. The molecule has 5 heteroatoms. The van der Waals surface area contributed by atoms with E-state index in [2.05, 4.69) is 0 Å². The van der Waals surface area contributed by atoms with Gasteiger partial charge in [0.05, 0.1) is 13.0 Å². The average molecular weight is 316 g/mol. The lowest BCUT2D eigenvalue weighted by Crippen LogP contribution is -2.46. The standard InChI is InChI=1S/C18H24N2O3/c1-19(11-13-4-3-5-16(10-13)23-2)18(22)14-6-9-17(21)20(12-14)15-7-8-15/h3-5,10,14-15H,6-9,11-12H2,1-2H3. The van der Waals surface area contributed by atoms with E-state index in [0.717, 1.165) is 24.2 Å². The molecule has 1 heterocycles. The van der Waals surface area contributed by atoms with Crippen molar-refractivity contribution in [2.24, 2.45) is 5.92 Å². The number of carbonyl (C=O) groups excluding carboxylic acids is 2. The first-order valence-electron chi connectivity index (χ1n) is 8.26. The largest absolute Gasteiger partial charge is 0.497 e. The number of carbonyl (C=O) groups is 2. The van der Waals surface area contributed by atoms with E-state index in [1.807, 2.05) is 36.2 Å². The summed E-state index contributed by atoms with van der Waals surface area (Å²) in [5.41, 5.74) is 1.05. The first-order valence-corrected chi connectivity index (χ1v) is 8.26. The number of likely N-dealkylation sites (tertiary alicyclic amines) is 1. The molecule has 0 aromatic heterocycles. The van der Waals surface area contributed by atoms with Crippen LogP contribution in [-0.4, -0.2) is 48.4 Å². The van der Waals surface area contributed by atoms with Crippen molar-refractivity contribution in [3.8, 4) is 5.75 Å². The summed E-state index contributed by atoms with van der Waals surface area (Å²) in [5, 5.41) is 0. The Morgan fingerprint density at radius 1 is 1.35 bits per heavy atom. The highest BCUT2D eigenvalue weighted by molar-refractivity contribution is 5.84. The molecule has 0 bridgehead atoms. The van der Waals surface area contributed by atoms with Gasteiger partial charge in [0.15, 0.2) is 0 Å². The van der Waals surface area contributed by atoms with Gasteiger partial charge in [0, 0.05) is 32.6 Å². The highest BCUT2D eigenvalue weighted by Crippen LogP contribution is 2.32. The Morgan fingerprint density at radius 3 is 2.83 bits per heavy atom. The molecule has 1 aliphatic carbocycles. The van der Waals surface area contributed by atoms with Gasteiger partial charge >= 0.3 is 0 Å². The molecule has 1 atom stereocenters. The average Bonchev–Trinajstić information content (AvgIpc) is 3.39. The summed E-state index contributed by atoms with van der Waals surface area (Å²) in [5.74, 6) is 1.08. The number of ether oxygens (including phenoxy) is 1. The predicted molar refractivity (Wildman–Crippen MR) is 86.9 cm³/mol. The van der Waals surface area contributed by atoms with Crippen LogP contribution < -0.4 is 4.74 Å². The smallest absolute Gasteiger partial charge is 0.227 e. The van der Waals surface area contributed by atoms with Gasteiger partial charge in [-0.1, -0.05) is 12.1 Å². The van der Waals surface area contributed by atoms with Crippen molar-refractivity contribution in [3.05, 3.63) is 29.8 Å². The van der Waals surface area contributed by atoms with E-state index in [4.69, 9.17) is 4.74 Å². The fraction of sp³-hybridized carbons (Fsp3) is 0.556. The molecule has 5 nitrogen and oxygen atoms in total. The van der Waals surface area contributed by atoms with E-state index in [0.29, 0.717) is 32.0 Å². The number of hydrogen-bond donors (Lipinski definition) is 0. The number of nitrogens with zero attached hydrogens (tertiary/aromatic N) is 2. The van der Waals surface area contributed by atoms with Crippen molar-refractivity contribution in [2.75, 3.05) is 20.7 Å². The second kappa shape index (κ2) is 6.60. The summed E-state index contributed by atoms with van der Waals surface area (Å²) >= 11 is 0. The maximum Gasteiger partial charge on any atom is 0.227 e. The number of methoxy groups -OCH3 is 1. The molecule has 0 N–H and O–H groups in total. The highest BCUT2D eigenvalue weighted by Gasteiger charge is 2.39. The molecule has 1 unspecified atom stereocenters. The zero-order valence-electron chi connectivity index (χ0n) is 13.8. The van der Waals surface area contributed by atoms with Crippen molar-refractivity contribution in [1.29, 1.82) is 0 Å². The summed E-state index contributed by atoms with van der Waals surface area (Å²) in [6, 6.07) is 8.16. The van der Waals surface area contributed by atoms with Gasteiger partial charge in [-0.05, 0) is 37.0 Å². The van der Waals surface area contributed by atoms with Crippen LogP contribution in [0.15, 0.2) is 24.3 Å². The molecular formula is C18H24N2O3. The lowest BCUT2D eigenvalue weighted by Gasteiger charge is -2.34. The number of rotatable bonds is 5. The zero-order valence-corrected chi connectivity index (χ0v) is 13.8. The van der Waals surface area contributed by atoms with Gasteiger partial charge in [-0.3, -0.25) is 9.59 Å². The van der Waals surface area contributed by atoms with Crippen molar-refractivity contribution < 1.29 is 14.3 Å². The molecule has 1 aromatic rings. The Morgan fingerprint density at radius 2 is 2.13 bits per heavy atom. The second-order valence-corrected chi connectivity index (χ2v) is 6.56. The van der Waals surface area contributed by atoms with Crippen molar-refractivity contribution in [1.82, 2.24) is 9.80 Å². The number of benzene rings is 1. The molecular weight excluding hydrogens is 292 g/mol. The fourth-order valence-electron chi connectivity index (χ4n) is 3.25. The molecule has 0 spiro atoms. The van der Waals surface area contributed by atoms with Crippen LogP contribution in [0.3, 0.4) is 0 Å². The van der Waals surface area contributed by atoms with Gasteiger partial charge in [-0.2, -0.15) is 0 Å². The zero-order chi connectivity index (χ0) is 16.4. The van der Waals surface area contributed by atoms with Gasteiger partial charge in [0.25, 0.3) is 0 Å². The third-order valence-corrected chi connectivity index (χ3v) is 4.71. The summed E-state index contributed by atoms with van der Waals surface area (Å²) in [7, 11) is 3.47. The van der Waals surface area contributed by atoms with Crippen LogP contribution in [0.1, 0.15) is 31.2 Å². The van der Waals surface area contributed by atoms with Crippen LogP contribution in [0.2, 0.25) is 0 Å². The molecule has 23 heavy (non-hydrogen) atoms. The molecule has 1 aromatic carbocycles. The Hall–Kier alpha value is -2.04. The van der Waals surface area contributed by atoms with Crippen LogP contribution in [0, 0.1) is 5.92 Å². The normalized spacial score (nSPS) is 21.2. The first kappa shape index (κ1) is 15.8. The minimum Gasteiger partial charge on any atom is -0.497 e. The minimum atomic E-state index is -0.0658. The van der Waals surface area contributed by atoms with E-state index in [1.54, 1.807) is 12.0 Å². The van der Waals surface area contributed by atoms with Gasteiger partial charge in [-0.25, -0.2) is 0 Å². The maximum atomic E-state index is 12.7. The molecule has 2 aliphatic rings. The van der Waals surface area contributed by atoms with E-state index in [1.165, 1.54) is 0 Å². The highest BCUT2D eigenvalue weighted by atomic mass is 16.5. The van der Waals surface area contributed by atoms with Gasteiger partial charge in [0.2, 0.25) is 11.8 Å². The van der Waals surface area contributed by atoms with E-state index >= 15 is 0 Å². The first-order chi connectivity index (χ1) is 11.1. The molecule has 1 aliphatic heterocycles. The van der Waals surface area contributed by atoms with Gasteiger partial charge in [0.1, 0.15) is 5.75 Å². The maximum absolute atomic E-state index is 12.7.